The van der Waals surface area contributed by atoms with Crippen molar-refractivity contribution >= 4 is 22.6 Å². The van der Waals surface area contributed by atoms with E-state index in [4.69, 9.17) is 16.3 Å². The summed E-state index contributed by atoms with van der Waals surface area (Å²) in [6.07, 6.45) is 5.12. The summed E-state index contributed by atoms with van der Waals surface area (Å²) in [5, 5.41) is -0.270. The maximum atomic E-state index is 13.6. The molecule has 2 aromatic rings. The van der Waals surface area contributed by atoms with Crippen LogP contribution in [0.1, 0.15) is 41.9 Å². The lowest BCUT2D eigenvalue weighted by Crippen LogP contribution is -2.40. The highest BCUT2D eigenvalue weighted by molar-refractivity contribution is 7.81. The normalized spacial score (nSPS) is 18.4. The highest BCUT2D eigenvalue weighted by Gasteiger charge is 2.34. The van der Waals surface area contributed by atoms with Gasteiger partial charge in [-0.05, 0) is 42.0 Å². The van der Waals surface area contributed by atoms with Crippen molar-refractivity contribution in [3.63, 3.8) is 0 Å². The van der Waals surface area contributed by atoms with Crippen LogP contribution >= 0.6 is 11.6 Å². The third-order valence-electron chi connectivity index (χ3n) is 7.05. The number of piperidine rings is 1. The van der Waals surface area contributed by atoms with E-state index in [9.17, 15) is 17.4 Å². The van der Waals surface area contributed by atoms with Crippen LogP contribution < -0.4 is 0 Å². The first kappa shape index (κ1) is 32.3. The summed E-state index contributed by atoms with van der Waals surface area (Å²) >= 11 is 6.29. The Morgan fingerprint density at radius 2 is 1.98 bits per heavy atom. The second-order valence-corrected chi connectivity index (χ2v) is 11.6. The maximum absolute atomic E-state index is 13.6. The van der Waals surface area contributed by atoms with Crippen molar-refractivity contribution < 1.29 is 22.1 Å². The number of hydrogen-bond donors (Lipinski definition) is 0. The number of hydrogen-bond acceptors (Lipinski definition) is 3. The summed E-state index contributed by atoms with van der Waals surface area (Å²) in [7, 11) is -1.02. The zero-order valence-corrected chi connectivity index (χ0v) is 24.5. The molecule has 1 aliphatic heterocycles. The number of rotatable bonds is 14. The van der Waals surface area contributed by atoms with E-state index in [1.54, 1.807) is 24.5 Å². The van der Waals surface area contributed by atoms with Crippen LogP contribution in [-0.4, -0.2) is 58.6 Å². The Labute approximate surface area is 243 Å². The third kappa shape index (κ3) is 9.42. The molecule has 9 heteroatoms. The fourth-order valence-corrected chi connectivity index (χ4v) is 6.07. The van der Waals surface area contributed by atoms with Gasteiger partial charge in [0.1, 0.15) is 0 Å². The van der Waals surface area contributed by atoms with Gasteiger partial charge in [-0.25, -0.2) is 8.51 Å². The zero-order chi connectivity index (χ0) is 29.1. The van der Waals surface area contributed by atoms with Crippen LogP contribution in [0.5, 0.6) is 0 Å². The van der Waals surface area contributed by atoms with Gasteiger partial charge in [0.25, 0.3) is 0 Å². The van der Waals surface area contributed by atoms with Crippen molar-refractivity contribution in [3.8, 4) is 0 Å². The molecule has 2 aromatic carbocycles. The predicted octanol–water partition coefficient (Wildman–Crippen LogP) is 7.41. The highest BCUT2D eigenvalue weighted by Crippen LogP contribution is 2.37. The molecular formula is C31H38ClF3N2O2S. The van der Waals surface area contributed by atoms with Gasteiger partial charge in [-0.2, -0.15) is 13.2 Å². The summed E-state index contributed by atoms with van der Waals surface area (Å²) in [5.41, 5.74) is 1.63. The van der Waals surface area contributed by atoms with E-state index < -0.39 is 22.7 Å². The summed E-state index contributed by atoms with van der Waals surface area (Å²) in [6.45, 7) is 11.1. The molecule has 0 radical (unpaired) electrons. The third-order valence-corrected chi connectivity index (χ3v) is 8.55. The molecule has 1 heterocycles. The van der Waals surface area contributed by atoms with Gasteiger partial charge < -0.3 is 4.74 Å². The van der Waals surface area contributed by atoms with Gasteiger partial charge in [-0.1, -0.05) is 85.5 Å². The van der Waals surface area contributed by atoms with Crippen LogP contribution in [0.25, 0.3) is 0 Å². The minimum atomic E-state index is -4.53. The van der Waals surface area contributed by atoms with Crippen LogP contribution in [0.2, 0.25) is 5.02 Å². The predicted molar refractivity (Wildman–Crippen MR) is 159 cm³/mol. The second-order valence-electron chi connectivity index (χ2n) is 9.88. The Kier molecular flexibility index (Phi) is 12.7. The molecule has 1 saturated heterocycles. The highest BCUT2D eigenvalue weighted by atomic mass is 35.5. The van der Waals surface area contributed by atoms with Gasteiger partial charge in [-0.15, -0.1) is 0 Å². The molecule has 0 spiro atoms. The monoisotopic (exact) mass is 594 g/mol. The first-order chi connectivity index (χ1) is 19.1. The fourth-order valence-electron chi connectivity index (χ4n) is 5.02. The lowest BCUT2D eigenvalue weighted by Gasteiger charge is -2.31. The molecular weight excluding hydrogens is 557 g/mol. The van der Waals surface area contributed by atoms with E-state index in [1.165, 1.54) is 6.07 Å². The zero-order valence-electron chi connectivity index (χ0n) is 22.9. The summed E-state index contributed by atoms with van der Waals surface area (Å²) in [5.74, 6) is -0.0753. The smallest absolute Gasteiger partial charge is 0.377 e. The molecule has 0 aliphatic carbocycles. The number of benzene rings is 2. The van der Waals surface area contributed by atoms with Crippen molar-refractivity contribution in [2.75, 3.05) is 39.0 Å². The van der Waals surface area contributed by atoms with Gasteiger partial charge in [0.2, 0.25) is 0 Å². The van der Waals surface area contributed by atoms with Gasteiger partial charge in [0.05, 0.1) is 27.7 Å². The van der Waals surface area contributed by atoms with Crippen LogP contribution in [0.15, 0.2) is 85.5 Å². The van der Waals surface area contributed by atoms with E-state index in [2.05, 4.69) is 18.1 Å². The molecule has 40 heavy (non-hydrogen) atoms. The summed E-state index contributed by atoms with van der Waals surface area (Å²) in [4.78, 5) is 2.12. The number of ether oxygens (including phenoxy) is 1. The number of alkyl halides is 3. The Balaban J connectivity index is 1.80. The van der Waals surface area contributed by atoms with Crippen molar-refractivity contribution in [3.05, 3.63) is 107 Å². The van der Waals surface area contributed by atoms with E-state index in [0.29, 0.717) is 38.2 Å². The molecule has 0 aromatic heterocycles. The van der Waals surface area contributed by atoms with Crippen LogP contribution in [0.4, 0.5) is 13.2 Å². The molecule has 218 valence electrons. The van der Waals surface area contributed by atoms with Crippen LogP contribution in [0.3, 0.4) is 0 Å². The van der Waals surface area contributed by atoms with Gasteiger partial charge >= 0.3 is 6.18 Å². The van der Waals surface area contributed by atoms with Crippen LogP contribution in [0, 0.1) is 0 Å². The van der Waals surface area contributed by atoms with E-state index in [1.807, 2.05) is 40.7 Å². The van der Waals surface area contributed by atoms with E-state index in [-0.39, 0.29) is 23.6 Å². The van der Waals surface area contributed by atoms with Crippen LogP contribution in [-0.2, 0) is 28.4 Å². The quantitative estimate of drug-likeness (QED) is 0.169. The number of allylic oxidation sites excluding steroid dienone is 3. The van der Waals surface area contributed by atoms with E-state index in [0.717, 1.165) is 36.6 Å². The maximum Gasteiger partial charge on any atom is 0.417 e. The van der Waals surface area contributed by atoms with Crippen molar-refractivity contribution in [2.24, 2.45) is 0 Å². The lowest BCUT2D eigenvalue weighted by molar-refractivity contribution is -0.137. The van der Waals surface area contributed by atoms with E-state index >= 15 is 0 Å². The molecule has 3 atom stereocenters. The Morgan fingerprint density at radius 3 is 2.62 bits per heavy atom. The SMILES string of the molecule is C=C/C=C(\C=C)C(CN(CCCO[C@H]1CCCN(S(C)=O)C1)Cc1cccc(C(F)(F)F)c1Cl)c1ccccc1. The van der Waals surface area contributed by atoms with Gasteiger partial charge in [0.15, 0.2) is 0 Å². The standard InChI is InChI=1S/C31H38ClF3N2O2S/c1-4-12-24(5-2)28(25-13-7-6-8-14-25)23-36(21-26-15-9-17-29(30(26)32)31(33,34)35)18-11-20-39-27-16-10-19-37(22-27)40(3)38/h4-9,12-15,17,27-28H,1-2,10-11,16,18-23H2,3H3/b24-12+/t27-,28?,40?/m0/s1. The Morgan fingerprint density at radius 1 is 1.23 bits per heavy atom. The summed E-state index contributed by atoms with van der Waals surface area (Å²) < 4.78 is 60.6. The second kappa shape index (κ2) is 15.7. The molecule has 4 nitrogen and oxygen atoms in total. The molecule has 0 saturated carbocycles. The average molecular weight is 595 g/mol. The number of halogens is 4. The van der Waals surface area contributed by atoms with Gasteiger partial charge in [-0.3, -0.25) is 4.90 Å². The minimum Gasteiger partial charge on any atom is -0.377 e. The lowest BCUT2D eigenvalue weighted by atomic mass is 9.89. The number of nitrogens with zero attached hydrogens (tertiary/aromatic N) is 2. The topological polar surface area (TPSA) is 32.8 Å². The Hall–Kier alpha value is -2.23. The molecule has 2 unspecified atom stereocenters. The molecule has 1 fully saturated rings. The first-order valence-electron chi connectivity index (χ1n) is 13.4. The van der Waals surface area contributed by atoms with Crippen molar-refractivity contribution in [1.29, 1.82) is 0 Å². The molecule has 0 amide bonds. The molecule has 0 N–H and O–H groups in total. The summed E-state index contributed by atoms with van der Waals surface area (Å²) in [6, 6.07) is 14.0. The average Bonchev–Trinajstić information content (AvgIpc) is 2.93. The van der Waals surface area contributed by atoms with Crippen molar-refractivity contribution in [2.45, 2.75) is 44.0 Å². The fraction of sp³-hybridized carbons (Fsp3) is 0.419. The minimum absolute atomic E-state index is 0.0176. The van der Waals surface area contributed by atoms with Crippen molar-refractivity contribution in [1.82, 2.24) is 9.21 Å². The largest absolute Gasteiger partial charge is 0.417 e. The first-order valence-corrected chi connectivity index (χ1v) is 15.3. The molecule has 1 aliphatic rings. The molecule has 0 bridgehead atoms. The Bertz CT molecular complexity index is 1170. The van der Waals surface area contributed by atoms with Gasteiger partial charge in [0, 0.05) is 51.5 Å². The molecule has 3 rings (SSSR count).